The van der Waals surface area contributed by atoms with E-state index in [-0.39, 0.29) is 17.2 Å². The lowest BCUT2D eigenvalue weighted by Crippen LogP contribution is -2.14. The number of aliphatic hydroxyl groups excluding tert-OH is 1. The Morgan fingerprint density at radius 3 is 1.97 bits per heavy atom. The molecule has 6 heteroatoms. The van der Waals surface area contributed by atoms with Crippen LogP contribution in [0.1, 0.15) is 35.9 Å². The van der Waals surface area contributed by atoms with Crippen molar-refractivity contribution in [3.05, 3.63) is 83.9 Å². The van der Waals surface area contributed by atoms with Gasteiger partial charge in [0.15, 0.2) is 5.78 Å². The Morgan fingerprint density at radius 2 is 1.40 bits per heavy atom. The number of Topliss-reactive ketones (excluding diaryl/α,β-unsaturated/α-hetero) is 1. The van der Waals surface area contributed by atoms with Crippen molar-refractivity contribution in [2.45, 2.75) is 20.0 Å². The minimum absolute atomic E-state index is 0.139. The van der Waals surface area contributed by atoms with Crippen LogP contribution < -0.4 is 10.1 Å². The quantitative estimate of drug-likeness (QED) is 0.366. The second kappa shape index (κ2) is 9.15. The van der Waals surface area contributed by atoms with E-state index in [0.29, 0.717) is 11.3 Å². The highest BCUT2D eigenvalue weighted by molar-refractivity contribution is 6.00. The number of hydrogen-bond donors (Lipinski definition) is 2. The number of aliphatic hydroxyl groups is 1. The molecule has 3 aromatic rings. The summed E-state index contributed by atoms with van der Waals surface area (Å²) in [5, 5.41) is 13.3. The molecule has 1 unspecified atom stereocenters. The summed E-state index contributed by atoms with van der Waals surface area (Å²) in [5.41, 5.74) is 3.07. The molecule has 0 fully saturated rings. The zero-order chi connectivity index (χ0) is 21.7. The second-order valence-electron chi connectivity index (χ2n) is 6.73. The van der Waals surface area contributed by atoms with Crippen LogP contribution in [0.4, 0.5) is 5.69 Å². The predicted molar refractivity (Wildman–Crippen MR) is 113 cm³/mol. The molecule has 0 aliphatic heterocycles. The number of ketones is 1. The van der Waals surface area contributed by atoms with Crippen LogP contribution in [0.25, 0.3) is 11.1 Å². The molecule has 152 valence electrons. The average molecular weight is 403 g/mol. The first-order chi connectivity index (χ1) is 14.3. The standard InChI is InChI=1S/C24H21NO5/c1-15(26)25-20-13-11-18(12-14-20)17-7-9-19(10-8-17)23(28)24(29)21-5-3-4-6-22(21)30-16(2)27/h3-14,24,29H,1-2H3,(H,25,26). The van der Waals surface area contributed by atoms with E-state index in [1.807, 2.05) is 12.1 Å². The smallest absolute Gasteiger partial charge is 0.308 e. The summed E-state index contributed by atoms with van der Waals surface area (Å²) in [6.07, 6.45) is -1.46. The molecule has 3 rings (SSSR count). The van der Waals surface area contributed by atoms with E-state index in [0.717, 1.165) is 11.1 Å². The molecule has 0 aliphatic rings. The molecule has 0 bridgehead atoms. The maximum absolute atomic E-state index is 12.7. The zero-order valence-corrected chi connectivity index (χ0v) is 16.6. The number of carbonyl (C=O) groups excluding carboxylic acids is 3. The Morgan fingerprint density at radius 1 is 0.833 bits per heavy atom. The molecular weight excluding hydrogens is 382 g/mol. The average Bonchev–Trinajstić information content (AvgIpc) is 2.73. The molecule has 0 aromatic heterocycles. The first-order valence-corrected chi connectivity index (χ1v) is 9.33. The fourth-order valence-electron chi connectivity index (χ4n) is 3.03. The topological polar surface area (TPSA) is 92.7 Å². The molecule has 1 amide bonds. The summed E-state index contributed by atoms with van der Waals surface area (Å²) in [6, 6.07) is 20.6. The minimum Gasteiger partial charge on any atom is -0.426 e. The highest BCUT2D eigenvalue weighted by Gasteiger charge is 2.23. The van der Waals surface area contributed by atoms with Gasteiger partial charge in [0, 0.05) is 30.7 Å². The third kappa shape index (κ3) is 4.98. The Kier molecular flexibility index (Phi) is 6.39. The van der Waals surface area contributed by atoms with Gasteiger partial charge in [-0.25, -0.2) is 0 Å². The number of ether oxygens (including phenoxy) is 1. The largest absolute Gasteiger partial charge is 0.426 e. The molecule has 6 nitrogen and oxygen atoms in total. The SMILES string of the molecule is CC(=O)Nc1ccc(-c2ccc(C(=O)C(O)c3ccccc3OC(C)=O)cc2)cc1. The van der Waals surface area contributed by atoms with Crippen molar-refractivity contribution in [2.24, 2.45) is 0 Å². The lowest BCUT2D eigenvalue weighted by atomic mass is 9.97. The summed E-state index contributed by atoms with van der Waals surface area (Å²) in [5.74, 6) is -1.01. The van der Waals surface area contributed by atoms with Crippen LogP contribution >= 0.6 is 0 Å². The second-order valence-corrected chi connectivity index (χ2v) is 6.73. The number of rotatable bonds is 6. The third-order valence-electron chi connectivity index (χ3n) is 4.42. The van der Waals surface area contributed by atoms with Crippen LogP contribution in [0.2, 0.25) is 0 Å². The van der Waals surface area contributed by atoms with E-state index >= 15 is 0 Å². The Bertz CT molecular complexity index is 1070. The van der Waals surface area contributed by atoms with Crippen molar-refractivity contribution in [3.63, 3.8) is 0 Å². The minimum atomic E-state index is -1.46. The normalized spacial score (nSPS) is 11.4. The van der Waals surface area contributed by atoms with Crippen molar-refractivity contribution >= 4 is 23.3 Å². The van der Waals surface area contributed by atoms with Gasteiger partial charge in [0.1, 0.15) is 11.9 Å². The number of amides is 1. The lowest BCUT2D eigenvalue weighted by Gasteiger charge is -2.14. The summed E-state index contributed by atoms with van der Waals surface area (Å²) in [6.45, 7) is 2.70. The van der Waals surface area contributed by atoms with Gasteiger partial charge in [0.05, 0.1) is 0 Å². The maximum Gasteiger partial charge on any atom is 0.308 e. The van der Waals surface area contributed by atoms with E-state index in [1.54, 1.807) is 54.6 Å². The number of anilines is 1. The van der Waals surface area contributed by atoms with Gasteiger partial charge in [0.2, 0.25) is 5.91 Å². The Balaban J connectivity index is 1.78. The van der Waals surface area contributed by atoms with Crippen molar-refractivity contribution in [3.8, 4) is 16.9 Å². The zero-order valence-electron chi connectivity index (χ0n) is 16.6. The van der Waals surface area contributed by atoms with Crippen molar-refractivity contribution in [1.29, 1.82) is 0 Å². The molecule has 30 heavy (non-hydrogen) atoms. The van der Waals surface area contributed by atoms with Crippen LogP contribution in [0.15, 0.2) is 72.8 Å². The Labute approximate surface area is 174 Å². The van der Waals surface area contributed by atoms with Gasteiger partial charge >= 0.3 is 5.97 Å². The molecular formula is C24H21NO5. The van der Waals surface area contributed by atoms with Crippen molar-refractivity contribution in [2.75, 3.05) is 5.32 Å². The number of para-hydroxylation sites is 1. The molecule has 0 radical (unpaired) electrons. The van der Waals surface area contributed by atoms with Gasteiger partial charge in [-0.1, -0.05) is 54.6 Å². The molecule has 0 saturated carbocycles. The van der Waals surface area contributed by atoms with E-state index in [2.05, 4.69) is 5.32 Å². The van der Waals surface area contributed by atoms with Gasteiger partial charge in [-0.15, -0.1) is 0 Å². The molecule has 0 spiro atoms. The van der Waals surface area contributed by atoms with Crippen LogP contribution in [0.3, 0.4) is 0 Å². The molecule has 2 N–H and O–H groups in total. The van der Waals surface area contributed by atoms with Crippen LogP contribution in [0, 0.1) is 0 Å². The highest BCUT2D eigenvalue weighted by Crippen LogP contribution is 2.29. The van der Waals surface area contributed by atoms with E-state index < -0.39 is 17.9 Å². The number of carbonyl (C=O) groups is 3. The summed E-state index contributed by atoms with van der Waals surface area (Å²) < 4.78 is 5.09. The Hall–Kier alpha value is -3.77. The molecule has 1 atom stereocenters. The first-order valence-electron chi connectivity index (χ1n) is 9.33. The fraction of sp³-hybridized carbons (Fsp3) is 0.125. The van der Waals surface area contributed by atoms with Gasteiger partial charge in [-0.3, -0.25) is 14.4 Å². The van der Waals surface area contributed by atoms with Crippen molar-refractivity contribution in [1.82, 2.24) is 0 Å². The first kappa shape index (κ1) is 21.0. The van der Waals surface area contributed by atoms with Gasteiger partial charge < -0.3 is 15.2 Å². The van der Waals surface area contributed by atoms with Crippen LogP contribution in [0.5, 0.6) is 5.75 Å². The summed E-state index contributed by atoms with van der Waals surface area (Å²) in [4.78, 5) is 35.1. The molecule has 0 aliphatic carbocycles. The molecule has 0 saturated heterocycles. The monoisotopic (exact) mass is 403 g/mol. The fourth-order valence-corrected chi connectivity index (χ4v) is 3.03. The summed E-state index contributed by atoms with van der Waals surface area (Å²) in [7, 11) is 0. The molecule has 0 heterocycles. The highest BCUT2D eigenvalue weighted by atomic mass is 16.5. The van der Waals surface area contributed by atoms with E-state index in [4.69, 9.17) is 4.74 Å². The number of nitrogens with one attached hydrogen (secondary N) is 1. The van der Waals surface area contributed by atoms with Gasteiger partial charge in [-0.05, 0) is 29.3 Å². The number of esters is 1. The third-order valence-corrected chi connectivity index (χ3v) is 4.42. The van der Waals surface area contributed by atoms with Crippen LogP contribution in [-0.4, -0.2) is 22.8 Å². The predicted octanol–water partition coefficient (Wildman–Crippen LogP) is 4.15. The number of benzene rings is 3. The lowest BCUT2D eigenvalue weighted by molar-refractivity contribution is -0.132. The van der Waals surface area contributed by atoms with E-state index in [9.17, 15) is 19.5 Å². The van der Waals surface area contributed by atoms with E-state index in [1.165, 1.54) is 19.9 Å². The summed E-state index contributed by atoms with van der Waals surface area (Å²) >= 11 is 0. The molecule has 3 aromatic carbocycles. The van der Waals surface area contributed by atoms with Gasteiger partial charge in [-0.2, -0.15) is 0 Å². The van der Waals surface area contributed by atoms with Crippen molar-refractivity contribution < 1.29 is 24.2 Å². The van der Waals surface area contributed by atoms with Gasteiger partial charge in [0.25, 0.3) is 0 Å². The maximum atomic E-state index is 12.7. The van der Waals surface area contributed by atoms with Crippen LogP contribution in [-0.2, 0) is 9.59 Å². The number of hydrogen-bond acceptors (Lipinski definition) is 5.